The molecule has 0 atom stereocenters. The van der Waals surface area contributed by atoms with E-state index in [0.29, 0.717) is 11.3 Å². The number of thiazole rings is 1. The summed E-state index contributed by atoms with van der Waals surface area (Å²) in [5, 5.41) is 1.81. The lowest BCUT2D eigenvalue weighted by atomic mass is 10.1. The van der Waals surface area contributed by atoms with Crippen molar-refractivity contribution in [3.05, 3.63) is 69.4 Å². The summed E-state index contributed by atoms with van der Waals surface area (Å²) in [6, 6.07) is 7.17. The quantitative estimate of drug-likeness (QED) is 0.484. The molecule has 0 radical (unpaired) electrons. The standard InChI is InChI=1S/C19H16FN3O5S2/c1-11-7-13(27-2)4-3-12(11)10-23(18-21-5-6-29-18)30(25,26)17-9-16-15(8-14(17)20)22-19(24)28-16/h3-9H,10H2,1-2H3,(H,22,24). The molecule has 2 aromatic carbocycles. The minimum absolute atomic E-state index is 0.0558. The highest BCUT2D eigenvalue weighted by atomic mass is 32.2. The van der Waals surface area contributed by atoms with Crippen LogP contribution in [0.2, 0.25) is 0 Å². The van der Waals surface area contributed by atoms with Gasteiger partial charge in [-0.15, -0.1) is 11.3 Å². The van der Waals surface area contributed by atoms with Gasteiger partial charge in [-0.05, 0) is 30.2 Å². The van der Waals surface area contributed by atoms with Crippen molar-refractivity contribution in [2.45, 2.75) is 18.4 Å². The number of sulfonamides is 1. The first kappa shape index (κ1) is 20.1. The molecule has 0 saturated carbocycles. The number of nitrogens with zero attached hydrogens (tertiary/aromatic N) is 2. The van der Waals surface area contributed by atoms with Crippen molar-refractivity contribution in [3.63, 3.8) is 0 Å². The van der Waals surface area contributed by atoms with Gasteiger partial charge in [-0.2, -0.15) is 0 Å². The zero-order valence-electron chi connectivity index (χ0n) is 15.9. The molecule has 0 aliphatic heterocycles. The average Bonchev–Trinajstić information content (AvgIpc) is 3.34. The normalized spacial score (nSPS) is 11.7. The predicted molar refractivity (Wildman–Crippen MR) is 110 cm³/mol. The lowest BCUT2D eigenvalue weighted by Gasteiger charge is -2.23. The number of rotatable bonds is 6. The molecule has 30 heavy (non-hydrogen) atoms. The number of H-pyrrole nitrogens is 1. The van der Waals surface area contributed by atoms with E-state index in [9.17, 15) is 17.6 Å². The molecule has 8 nitrogen and oxygen atoms in total. The number of methoxy groups -OCH3 is 1. The molecule has 4 aromatic rings. The molecule has 0 unspecified atom stereocenters. The fourth-order valence-corrected chi connectivity index (χ4v) is 5.32. The Morgan fingerprint density at radius 3 is 2.77 bits per heavy atom. The van der Waals surface area contributed by atoms with Crippen molar-refractivity contribution in [2.75, 3.05) is 11.4 Å². The Kier molecular flexibility index (Phi) is 5.08. The molecular weight excluding hydrogens is 433 g/mol. The number of aromatic nitrogens is 2. The topological polar surface area (TPSA) is 106 Å². The highest BCUT2D eigenvalue weighted by Gasteiger charge is 2.31. The number of benzene rings is 2. The SMILES string of the molecule is COc1ccc(CN(c2nccs2)S(=O)(=O)c2cc3oc(=O)[nH]c3cc2F)c(C)c1. The first-order valence-electron chi connectivity index (χ1n) is 8.67. The monoisotopic (exact) mass is 449 g/mol. The van der Waals surface area contributed by atoms with Crippen LogP contribution in [0.4, 0.5) is 9.52 Å². The number of hydrogen-bond donors (Lipinski definition) is 1. The zero-order chi connectivity index (χ0) is 21.5. The second-order valence-electron chi connectivity index (χ2n) is 6.41. The van der Waals surface area contributed by atoms with Crippen LogP contribution in [0, 0.1) is 12.7 Å². The summed E-state index contributed by atoms with van der Waals surface area (Å²) in [4.78, 5) is 17.2. The van der Waals surface area contributed by atoms with E-state index >= 15 is 0 Å². The van der Waals surface area contributed by atoms with E-state index < -0.39 is 26.5 Å². The molecule has 11 heteroatoms. The molecule has 0 aliphatic carbocycles. The number of ether oxygens (including phenoxy) is 1. The van der Waals surface area contributed by atoms with Crippen molar-refractivity contribution in [3.8, 4) is 5.75 Å². The van der Waals surface area contributed by atoms with Gasteiger partial charge in [0.15, 0.2) is 10.7 Å². The number of fused-ring (bicyclic) bond motifs is 1. The Balaban J connectivity index is 1.83. The van der Waals surface area contributed by atoms with Gasteiger partial charge in [-0.1, -0.05) is 6.07 Å². The molecular formula is C19H16FN3O5S2. The molecule has 0 aliphatic rings. The van der Waals surface area contributed by atoms with Gasteiger partial charge in [-0.25, -0.2) is 26.9 Å². The summed E-state index contributed by atoms with van der Waals surface area (Å²) < 4.78 is 52.7. The van der Waals surface area contributed by atoms with Crippen molar-refractivity contribution in [2.24, 2.45) is 0 Å². The second-order valence-corrected chi connectivity index (χ2v) is 9.12. The number of anilines is 1. The number of hydrogen-bond acceptors (Lipinski definition) is 7. The number of aryl methyl sites for hydroxylation is 1. The fourth-order valence-electron chi connectivity index (χ4n) is 2.99. The lowest BCUT2D eigenvalue weighted by Crippen LogP contribution is -2.31. The van der Waals surface area contributed by atoms with Crippen LogP contribution < -0.4 is 14.8 Å². The summed E-state index contributed by atoms with van der Waals surface area (Å²) in [7, 11) is -2.83. The molecule has 2 heterocycles. The van der Waals surface area contributed by atoms with Gasteiger partial charge in [-0.3, -0.25) is 4.98 Å². The first-order chi connectivity index (χ1) is 14.3. The Labute approximate surface area is 174 Å². The van der Waals surface area contributed by atoms with Gasteiger partial charge in [0.05, 0.1) is 19.2 Å². The summed E-state index contributed by atoms with van der Waals surface area (Å²) in [5.74, 6) is -1.17. The number of oxazole rings is 1. The van der Waals surface area contributed by atoms with Crippen LogP contribution in [0.5, 0.6) is 5.75 Å². The second kappa shape index (κ2) is 7.58. The van der Waals surface area contributed by atoms with Crippen LogP contribution >= 0.6 is 11.3 Å². The Morgan fingerprint density at radius 2 is 2.10 bits per heavy atom. The third kappa shape index (κ3) is 3.57. The van der Waals surface area contributed by atoms with Crippen molar-refractivity contribution in [1.82, 2.24) is 9.97 Å². The summed E-state index contributed by atoms with van der Waals surface area (Å²) in [6.07, 6.45) is 1.47. The van der Waals surface area contributed by atoms with Crippen LogP contribution in [0.3, 0.4) is 0 Å². The predicted octanol–water partition coefficient (Wildman–Crippen LogP) is 3.43. The largest absolute Gasteiger partial charge is 0.497 e. The molecule has 0 bridgehead atoms. The van der Waals surface area contributed by atoms with Gasteiger partial charge >= 0.3 is 5.76 Å². The average molecular weight is 449 g/mol. The zero-order valence-corrected chi connectivity index (χ0v) is 17.5. The number of nitrogens with one attached hydrogen (secondary N) is 1. The molecule has 4 rings (SSSR count). The van der Waals surface area contributed by atoms with Gasteiger partial charge < -0.3 is 9.15 Å². The third-order valence-corrected chi connectivity index (χ3v) is 7.20. The summed E-state index contributed by atoms with van der Waals surface area (Å²) in [5.41, 5.74) is 1.52. The fraction of sp³-hybridized carbons (Fsp3) is 0.158. The maximum Gasteiger partial charge on any atom is 0.417 e. The highest BCUT2D eigenvalue weighted by Crippen LogP contribution is 2.31. The van der Waals surface area contributed by atoms with Crippen molar-refractivity contribution < 1.29 is 22.0 Å². The molecule has 0 spiro atoms. The van der Waals surface area contributed by atoms with E-state index in [-0.39, 0.29) is 22.8 Å². The first-order valence-corrected chi connectivity index (χ1v) is 11.0. The molecule has 0 saturated heterocycles. The smallest absolute Gasteiger partial charge is 0.417 e. The highest BCUT2D eigenvalue weighted by molar-refractivity contribution is 7.93. The number of aromatic amines is 1. The molecule has 0 fully saturated rings. The van der Waals surface area contributed by atoms with Crippen molar-refractivity contribution >= 4 is 37.6 Å². The van der Waals surface area contributed by atoms with Gasteiger partial charge in [0, 0.05) is 23.7 Å². The van der Waals surface area contributed by atoms with E-state index in [1.165, 1.54) is 6.20 Å². The number of halogens is 1. The summed E-state index contributed by atoms with van der Waals surface area (Å²) in [6.45, 7) is 1.76. The van der Waals surface area contributed by atoms with Crippen LogP contribution in [-0.2, 0) is 16.6 Å². The third-order valence-electron chi connectivity index (χ3n) is 4.54. The van der Waals surface area contributed by atoms with Crippen LogP contribution in [0.15, 0.2) is 56.0 Å². The van der Waals surface area contributed by atoms with E-state index in [1.54, 1.807) is 30.7 Å². The summed E-state index contributed by atoms with van der Waals surface area (Å²) >= 11 is 1.11. The van der Waals surface area contributed by atoms with E-state index in [1.807, 2.05) is 6.92 Å². The van der Waals surface area contributed by atoms with Gasteiger partial charge in [0.25, 0.3) is 10.0 Å². The molecule has 1 N–H and O–H groups in total. The Bertz CT molecular complexity index is 1380. The Morgan fingerprint density at radius 1 is 1.30 bits per heavy atom. The van der Waals surface area contributed by atoms with Crippen LogP contribution in [0.25, 0.3) is 11.1 Å². The minimum atomic E-state index is -4.37. The van der Waals surface area contributed by atoms with E-state index in [4.69, 9.17) is 9.15 Å². The maximum absolute atomic E-state index is 14.7. The van der Waals surface area contributed by atoms with Crippen molar-refractivity contribution in [1.29, 1.82) is 0 Å². The molecule has 0 amide bonds. The Hall–Kier alpha value is -3.18. The van der Waals surface area contributed by atoms with Crippen LogP contribution in [0.1, 0.15) is 11.1 Å². The minimum Gasteiger partial charge on any atom is -0.497 e. The van der Waals surface area contributed by atoms with Gasteiger partial charge in [0.2, 0.25) is 0 Å². The maximum atomic E-state index is 14.7. The van der Waals surface area contributed by atoms with E-state index in [2.05, 4.69) is 9.97 Å². The molecule has 2 aromatic heterocycles. The van der Waals surface area contributed by atoms with Gasteiger partial charge in [0.1, 0.15) is 16.5 Å². The van der Waals surface area contributed by atoms with Crippen LogP contribution in [-0.4, -0.2) is 25.5 Å². The van der Waals surface area contributed by atoms with E-state index in [0.717, 1.165) is 33.3 Å². The molecule has 156 valence electrons. The lowest BCUT2D eigenvalue weighted by molar-refractivity contribution is 0.414.